The van der Waals surface area contributed by atoms with Crippen LogP contribution < -0.4 is 0 Å². The molecule has 0 radical (unpaired) electrons. The summed E-state index contributed by atoms with van der Waals surface area (Å²) in [6.45, 7) is 4.36. The van der Waals surface area contributed by atoms with Crippen molar-refractivity contribution < 1.29 is 80.2 Å². The van der Waals surface area contributed by atoms with Crippen molar-refractivity contribution in [2.24, 2.45) is 0 Å². The number of phosphoric acid groups is 2. The van der Waals surface area contributed by atoms with Gasteiger partial charge in [0, 0.05) is 25.7 Å². The molecule has 0 aromatic heterocycles. The van der Waals surface area contributed by atoms with Crippen molar-refractivity contribution in [2.45, 2.75) is 303 Å². The first kappa shape index (κ1) is 104. The largest absolute Gasteiger partial charge is 0.472 e. The molecule has 3 N–H and O–H groups in total. The zero-order valence-electron chi connectivity index (χ0n) is 67.8. The molecule has 0 aromatic carbocycles. The Morgan fingerprint density at radius 3 is 0.800 bits per heavy atom. The van der Waals surface area contributed by atoms with Gasteiger partial charge in [0.1, 0.15) is 19.3 Å². The Balaban J connectivity index is 5.57. The van der Waals surface area contributed by atoms with Gasteiger partial charge in [-0.15, -0.1) is 0 Å². The molecule has 0 fully saturated rings. The van der Waals surface area contributed by atoms with Gasteiger partial charge in [-0.05, 0) is 173 Å². The maximum Gasteiger partial charge on any atom is 0.472 e. The number of hydrogen-bond donors (Lipinski definition) is 3. The van der Waals surface area contributed by atoms with Crippen LogP contribution in [0.2, 0.25) is 0 Å². The van der Waals surface area contributed by atoms with Crippen LogP contribution in [0.25, 0.3) is 0 Å². The van der Waals surface area contributed by atoms with E-state index in [-0.39, 0.29) is 25.7 Å². The van der Waals surface area contributed by atoms with Gasteiger partial charge in [-0.25, -0.2) is 9.13 Å². The lowest BCUT2D eigenvalue weighted by molar-refractivity contribution is -0.161. The van der Waals surface area contributed by atoms with E-state index in [1.807, 2.05) is 36.5 Å². The van der Waals surface area contributed by atoms with Crippen molar-refractivity contribution in [1.82, 2.24) is 0 Å². The van der Waals surface area contributed by atoms with Gasteiger partial charge in [0.15, 0.2) is 12.2 Å². The van der Waals surface area contributed by atoms with Crippen molar-refractivity contribution in [3.05, 3.63) is 207 Å². The molecule has 0 aliphatic carbocycles. The van der Waals surface area contributed by atoms with Gasteiger partial charge in [-0.3, -0.25) is 37.3 Å². The molecule has 110 heavy (non-hydrogen) atoms. The molecule has 0 bridgehead atoms. The summed E-state index contributed by atoms with van der Waals surface area (Å²) in [7, 11) is -10.0. The minimum Gasteiger partial charge on any atom is -0.462 e. The molecule has 5 atom stereocenters. The Labute approximate surface area is 665 Å². The Morgan fingerprint density at radius 1 is 0.264 bits per heavy atom. The van der Waals surface area contributed by atoms with Crippen LogP contribution in [0.1, 0.15) is 285 Å². The molecule has 620 valence electrons. The van der Waals surface area contributed by atoms with Crippen LogP contribution in [0.3, 0.4) is 0 Å². The number of carbonyl (C=O) groups is 4. The standard InChI is InChI=1S/C91H144O17P2/c1-5-9-13-17-21-25-29-33-36-39-42-45-48-52-56-60-64-68-72-76-89(94)102-82-87(108-91(96)78-74-70-66-62-58-54-50-47-44-41-38-35-31-27-23-19-15-11-7-3)84-106-110(99,100)104-80-85(92)79-103-109(97,98)105-83-86(81-101-88(93)75-71-67-63-59-55-51-32-28-24-20-16-12-8-4)107-90(95)77-73-69-65-61-57-53-49-46-43-40-37-34-30-26-22-18-14-10-6-2/h9-10,13-14,21-23,25-28,32-38,42-47,52-54,56-58,65-66,69-70,85-87,92H,5-8,11-12,15-20,24,29-31,39-41,48-51,55,59-64,67-68,71-84H2,1-4H3,(H,97,98)(H,99,100)/b13-9-,14-10-,25-21-,26-22-,27-23-,32-28-,36-33-,37-34-,38-35-,45-42-,46-43-,47-44-,56-52-,57-53-,58-54-,69-65-,70-66-/t85-,86+,87+/m0/s1. The molecule has 0 aliphatic heterocycles. The number of ether oxygens (including phenoxy) is 4. The van der Waals surface area contributed by atoms with Crippen LogP contribution in [0.5, 0.6) is 0 Å². The van der Waals surface area contributed by atoms with E-state index in [9.17, 15) is 43.2 Å². The maximum atomic E-state index is 13.1. The summed E-state index contributed by atoms with van der Waals surface area (Å²) in [6.07, 6.45) is 101. The number of hydrogen-bond acceptors (Lipinski definition) is 15. The zero-order chi connectivity index (χ0) is 80.3. The molecule has 0 amide bonds. The summed E-state index contributed by atoms with van der Waals surface area (Å²) in [5.74, 6) is -2.44. The summed E-state index contributed by atoms with van der Waals surface area (Å²) in [5, 5.41) is 10.7. The second kappa shape index (κ2) is 80.7. The molecule has 0 heterocycles. The summed E-state index contributed by atoms with van der Waals surface area (Å²) in [5.41, 5.74) is 0. The SMILES string of the molecule is CC/C=C\C/C=C\C/C=C\C/C=C\C/C=C\C/C=C\CCC(=O)O[C@H](COC(=O)CCCCCCC/C=C\CCCCCC)COP(=O)(O)OC[C@H](O)COP(=O)(O)OC[C@@H](COC(=O)CCCCC/C=C\C/C=C\C/C=C\C/C=C\C/C=C\CC)OC(=O)CC/C=C\C/C=C\C/C=C\C/C=C\C/C=C\CCCCC. The van der Waals surface area contributed by atoms with Crippen LogP contribution in [-0.4, -0.2) is 96.7 Å². The highest BCUT2D eigenvalue weighted by Gasteiger charge is 2.30. The van der Waals surface area contributed by atoms with Gasteiger partial charge in [-0.1, -0.05) is 292 Å². The lowest BCUT2D eigenvalue weighted by Crippen LogP contribution is -2.30. The Bertz CT molecular complexity index is 2900. The van der Waals surface area contributed by atoms with E-state index in [1.54, 1.807) is 0 Å². The normalized spacial score (nSPS) is 14.9. The van der Waals surface area contributed by atoms with E-state index >= 15 is 0 Å². The number of unbranched alkanes of at least 4 members (excludes halogenated alkanes) is 15. The summed E-state index contributed by atoms with van der Waals surface area (Å²) in [4.78, 5) is 73.1. The van der Waals surface area contributed by atoms with Gasteiger partial charge in [0.05, 0.1) is 26.4 Å². The van der Waals surface area contributed by atoms with Crippen molar-refractivity contribution in [3.63, 3.8) is 0 Å². The smallest absolute Gasteiger partial charge is 0.462 e. The van der Waals surface area contributed by atoms with Gasteiger partial charge in [0.25, 0.3) is 0 Å². The fourth-order valence-electron chi connectivity index (χ4n) is 10.0. The predicted octanol–water partition coefficient (Wildman–Crippen LogP) is 24.7. The lowest BCUT2D eigenvalue weighted by Gasteiger charge is -2.21. The third kappa shape index (κ3) is 79.7. The van der Waals surface area contributed by atoms with Crippen molar-refractivity contribution >= 4 is 39.5 Å². The number of esters is 4. The van der Waals surface area contributed by atoms with Crippen LogP contribution in [0, 0.1) is 0 Å². The van der Waals surface area contributed by atoms with Crippen molar-refractivity contribution in [2.75, 3.05) is 39.6 Å². The minimum atomic E-state index is -5.03. The first-order chi connectivity index (χ1) is 53.7. The van der Waals surface area contributed by atoms with Crippen LogP contribution >= 0.6 is 15.6 Å². The second-order valence-electron chi connectivity index (χ2n) is 26.6. The first-order valence-electron chi connectivity index (χ1n) is 41.3. The fourth-order valence-corrected chi connectivity index (χ4v) is 11.6. The topological polar surface area (TPSA) is 237 Å². The third-order valence-electron chi connectivity index (χ3n) is 16.2. The van der Waals surface area contributed by atoms with E-state index in [1.165, 1.54) is 44.9 Å². The number of aliphatic hydroxyl groups is 1. The van der Waals surface area contributed by atoms with E-state index in [0.29, 0.717) is 38.5 Å². The molecule has 0 saturated carbocycles. The molecular weight excluding hydrogens is 1430 g/mol. The van der Waals surface area contributed by atoms with E-state index in [4.69, 9.17) is 37.0 Å². The molecule has 0 aromatic rings. The van der Waals surface area contributed by atoms with Crippen LogP contribution in [0.4, 0.5) is 0 Å². The summed E-state index contributed by atoms with van der Waals surface area (Å²) < 4.78 is 68.5. The van der Waals surface area contributed by atoms with Crippen molar-refractivity contribution in [3.8, 4) is 0 Å². The molecule has 0 aliphatic rings. The van der Waals surface area contributed by atoms with E-state index < -0.39 is 97.5 Å². The van der Waals surface area contributed by atoms with Gasteiger partial charge in [0.2, 0.25) is 0 Å². The highest BCUT2D eigenvalue weighted by Crippen LogP contribution is 2.45. The highest BCUT2D eigenvalue weighted by atomic mass is 31.2. The number of carbonyl (C=O) groups excluding carboxylic acids is 4. The monoisotopic (exact) mass is 1570 g/mol. The minimum absolute atomic E-state index is 0.0423. The Morgan fingerprint density at radius 2 is 0.491 bits per heavy atom. The number of phosphoric ester groups is 2. The Kier molecular flexibility index (Phi) is 76.0. The zero-order valence-corrected chi connectivity index (χ0v) is 69.6. The first-order valence-corrected chi connectivity index (χ1v) is 44.3. The van der Waals surface area contributed by atoms with Crippen molar-refractivity contribution in [1.29, 1.82) is 0 Å². The molecule has 0 spiro atoms. The molecule has 0 saturated heterocycles. The van der Waals surface area contributed by atoms with Gasteiger partial charge in [-0.2, -0.15) is 0 Å². The summed E-state index contributed by atoms with van der Waals surface area (Å²) in [6, 6.07) is 0. The number of allylic oxidation sites excluding steroid dienone is 34. The molecule has 0 rings (SSSR count). The molecule has 19 heteroatoms. The summed E-state index contributed by atoms with van der Waals surface area (Å²) >= 11 is 0. The maximum absolute atomic E-state index is 13.1. The molecule has 17 nitrogen and oxygen atoms in total. The lowest BCUT2D eigenvalue weighted by atomic mass is 10.1. The quantitative estimate of drug-likeness (QED) is 0.0169. The Hall–Kier alpha value is -6.36. The average molecular weight is 1570 g/mol. The third-order valence-corrected chi connectivity index (χ3v) is 18.1. The predicted molar refractivity (Wildman–Crippen MR) is 454 cm³/mol. The second-order valence-corrected chi connectivity index (χ2v) is 29.5. The number of aliphatic hydroxyl groups excluding tert-OH is 1. The van der Waals surface area contributed by atoms with E-state index in [0.717, 1.165) is 148 Å². The van der Waals surface area contributed by atoms with Gasteiger partial charge < -0.3 is 33.8 Å². The van der Waals surface area contributed by atoms with Crippen LogP contribution in [-0.2, 0) is 65.4 Å². The fraction of sp³-hybridized carbons (Fsp3) is 0.582. The molecular formula is C91H144O17P2. The van der Waals surface area contributed by atoms with E-state index in [2.05, 4.69) is 198 Å². The van der Waals surface area contributed by atoms with Gasteiger partial charge >= 0.3 is 39.5 Å². The number of rotatable bonds is 75. The van der Waals surface area contributed by atoms with Crippen LogP contribution in [0.15, 0.2) is 207 Å². The average Bonchev–Trinajstić information content (AvgIpc) is 0.908. The molecule has 2 unspecified atom stereocenters. The highest BCUT2D eigenvalue weighted by molar-refractivity contribution is 7.47.